The predicted molar refractivity (Wildman–Crippen MR) is 118 cm³/mol. The van der Waals surface area contributed by atoms with E-state index in [9.17, 15) is 9.59 Å². The van der Waals surface area contributed by atoms with Crippen LogP contribution in [0.4, 0.5) is 5.69 Å². The number of carbonyl (C=O) groups is 2. The summed E-state index contributed by atoms with van der Waals surface area (Å²) in [6.45, 7) is 0.305. The van der Waals surface area contributed by atoms with Crippen LogP contribution in [0.3, 0.4) is 0 Å². The van der Waals surface area contributed by atoms with E-state index in [4.69, 9.17) is 20.8 Å². The number of nitrogens with one attached hydrogen (secondary N) is 2. The molecule has 6 nitrogen and oxygen atoms in total. The van der Waals surface area contributed by atoms with Crippen LogP contribution in [0.5, 0.6) is 5.75 Å². The Balaban J connectivity index is 1.44. The van der Waals surface area contributed by atoms with Gasteiger partial charge in [0.25, 0.3) is 11.8 Å². The molecule has 0 aliphatic rings. The van der Waals surface area contributed by atoms with Gasteiger partial charge in [0.1, 0.15) is 16.4 Å². The Hall–Kier alpha value is -3.29. The Morgan fingerprint density at radius 3 is 2.60 bits per heavy atom. The molecule has 0 unspecified atom stereocenters. The minimum absolute atomic E-state index is 0.231. The fourth-order valence-electron chi connectivity index (χ4n) is 2.89. The average molecular weight is 441 g/mol. The highest BCUT2D eigenvalue weighted by atomic mass is 35.5. The molecule has 0 aliphatic carbocycles. The van der Waals surface area contributed by atoms with Crippen LogP contribution in [-0.2, 0) is 6.54 Å². The van der Waals surface area contributed by atoms with E-state index in [0.29, 0.717) is 39.2 Å². The third-order valence-electron chi connectivity index (χ3n) is 4.45. The van der Waals surface area contributed by atoms with E-state index in [1.165, 1.54) is 11.3 Å². The minimum Gasteiger partial charge on any atom is -0.497 e. The molecule has 0 bridgehead atoms. The van der Waals surface area contributed by atoms with Gasteiger partial charge in [-0.1, -0.05) is 11.6 Å². The molecule has 30 heavy (non-hydrogen) atoms. The average Bonchev–Trinajstić information content (AvgIpc) is 3.40. The first-order valence-electron chi connectivity index (χ1n) is 9.03. The second-order valence-corrected chi connectivity index (χ2v) is 7.83. The summed E-state index contributed by atoms with van der Waals surface area (Å²) >= 11 is 7.70. The lowest BCUT2D eigenvalue weighted by atomic mass is 10.2. The molecule has 0 spiro atoms. The fourth-order valence-corrected chi connectivity index (χ4v) is 4.33. The van der Waals surface area contributed by atoms with Crippen molar-refractivity contribution >= 4 is 50.5 Å². The highest BCUT2D eigenvalue weighted by Crippen LogP contribution is 2.37. The van der Waals surface area contributed by atoms with Crippen LogP contribution < -0.4 is 15.4 Å². The number of halogens is 1. The number of methoxy groups -OCH3 is 1. The van der Waals surface area contributed by atoms with Crippen LogP contribution in [0.15, 0.2) is 65.3 Å². The van der Waals surface area contributed by atoms with E-state index in [1.54, 1.807) is 55.8 Å². The van der Waals surface area contributed by atoms with Gasteiger partial charge in [0.05, 0.1) is 24.9 Å². The number of amides is 2. The van der Waals surface area contributed by atoms with Gasteiger partial charge in [0.15, 0.2) is 0 Å². The standard InChI is InChI=1S/C22H17ClN2O4S/c1-28-15-8-9-17-18(11-15)30-20(19(17)23)22(27)25-14-6-4-13(5-7-14)21(26)24-12-16-3-2-10-29-16/h2-11H,12H2,1H3,(H,24,26)(H,25,27). The summed E-state index contributed by atoms with van der Waals surface area (Å²) in [5, 5.41) is 6.80. The summed E-state index contributed by atoms with van der Waals surface area (Å²) in [6, 6.07) is 15.7. The summed E-state index contributed by atoms with van der Waals surface area (Å²) in [5.74, 6) is 0.833. The van der Waals surface area contributed by atoms with Crippen molar-refractivity contribution in [3.8, 4) is 5.75 Å². The molecule has 4 rings (SSSR count). The second-order valence-electron chi connectivity index (χ2n) is 6.40. The van der Waals surface area contributed by atoms with Gasteiger partial charge in [-0.2, -0.15) is 0 Å². The van der Waals surface area contributed by atoms with Crippen molar-refractivity contribution in [2.45, 2.75) is 6.54 Å². The van der Waals surface area contributed by atoms with E-state index >= 15 is 0 Å². The third-order valence-corrected chi connectivity index (χ3v) is 6.11. The van der Waals surface area contributed by atoms with E-state index in [0.717, 1.165) is 10.1 Å². The number of ether oxygens (including phenoxy) is 1. The first kappa shape index (κ1) is 20.0. The molecule has 0 aliphatic heterocycles. The maximum absolute atomic E-state index is 12.7. The van der Waals surface area contributed by atoms with Gasteiger partial charge < -0.3 is 19.8 Å². The van der Waals surface area contributed by atoms with Gasteiger partial charge in [-0.25, -0.2) is 0 Å². The Kier molecular flexibility index (Phi) is 5.74. The number of anilines is 1. The molecule has 2 aromatic heterocycles. The first-order chi connectivity index (χ1) is 14.5. The van der Waals surface area contributed by atoms with Crippen LogP contribution in [0.25, 0.3) is 10.1 Å². The largest absolute Gasteiger partial charge is 0.497 e. The van der Waals surface area contributed by atoms with Crippen molar-refractivity contribution in [1.29, 1.82) is 0 Å². The highest BCUT2D eigenvalue weighted by molar-refractivity contribution is 7.21. The van der Waals surface area contributed by atoms with Crippen molar-refractivity contribution in [2.24, 2.45) is 0 Å². The summed E-state index contributed by atoms with van der Waals surface area (Å²) in [6.07, 6.45) is 1.55. The summed E-state index contributed by atoms with van der Waals surface area (Å²) in [4.78, 5) is 25.3. The molecule has 0 fully saturated rings. The van der Waals surface area contributed by atoms with Gasteiger partial charge in [0, 0.05) is 21.3 Å². The molecule has 0 atom stereocenters. The molecule has 8 heteroatoms. The summed E-state index contributed by atoms with van der Waals surface area (Å²) < 4.78 is 11.3. The molecule has 0 radical (unpaired) electrons. The van der Waals surface area contributed by atoms with Crippen molar-refractivity contribution in [1.82, 2.24) is 5.32 Å². The van der Waals surface area contributed by atoms with Crippen LogP contribution in [0.1, 0.15) is 25.8 Å². The normalized spacial score (nSPS) is 10.7. The minimum atomic E-state index is -0.310. The molecule has 2 N–H and O–H groups in total. The molecule has 4 aromatic rings. The van der Waals surface area contributed by atoms with Crippen molar-refractivity contribution in [2.75, 3.05) is 12.4 Å². The lowest BCUT2D eigenvalue weighted by Crippen LogP contribution is -2.22. The van der Waals surface area contributed by atoms with Crippen LogP contribution >= 0.6 is 22.9 Å². The number of carbonyl (C=O) groups excluding carboxylic acids is 2. The zero-order valence-corrected chi connectivity index (χ0v) is 17.5. The number of thiophene rings is 1. The van der Waals surface area contributed by atoms with Crippen molar-refractivity contribution in [3.05, 3.63) is 82.1 Å². The van der Waals surface area contributed by atoms with E-state index in [2.05, 4.69) is 10.6 Å². The number of hydrogen-bond donors (Lipinski definition) is 2. The lowest BCUT2D eigenvalue weighted by molar-refractivity contribution is 0.0947. The number of rotatable bonds is 6. The van der Waals surface area contributed by atoms with Crippen LogP contribution in [0, 0.1) is 0 Å². The number of hydrogen-bond acceptors (Lipinski definition) is 5. The van der Waals surface area contributed by atoms with Crippen molar-refractivity contribution in [3.63, 3.8) is 0 Å². The van der Waals surface area contributed by atoms with E-state index in [1.807, 2.05) is 12.1 Å². The third kappa shape index (κ3) is 4.17. The van der Waals surface area contributed by atoms with Gasteiger partial charge in [-0.3, -0.25) is 9.59 Å². The zero-order chi connectivity index (χ0) is 21.1. The van der Waals surface area contributed by atoms with Gasteiger partial charge in [0.2, 0.25) is 0 Å². The van der Waals surface area contributed by atoms with Gasteiger partial charge >= 0.3 is 0 Å². The van der Waals surface area contributed by atoms with Crippen LogP contribution in [0.2, 0.25) is 5.02 Å². The predicted octanol–water partition coefficient (Wildman–Crippen LogP) is 5.34. The summed E-state index contributed by atoms with van der Waals surface area (Å²) in [5.41, 5.74) is 1.04. The topological polar surface area (TPSA) is 80.6 Å². The smallest absolute Gasteiger partial charge is 0.267 e. The van der Waals surface area contributed by atoms with Gasteiger partial charge in [-0.05, 0) is 54.6 Å². The quantitative estimate of drug-likeness (QED) is 0.424. The molecule has 2 amide bonds. The zero-order valence-electron chi connectivity index (χ0n) is 15.9. The Morgan fingerprint density at radius 1 is 1.10 bits per heavy atom. The van der Waals surface area contributed by atoms with Gasteiger partial charge in [-0.15, -0.1) is 11.3 Å². The maximum Gasteiger partial charge on any atom is 0.267 e. The lowest BCUT2D eigenvalue weighted by Gasteiger charge is -2.06. The highest BCUT2D eigenvalue weighted by Gasteiger charge is 2.18. The molecular formula is C22H17ClN2O4S. The Bertz CT molecular complexity index is 1200. The number of furan rings is 1. The first-order valence-corrected chi connectivity index (χ1v) is 10.2. The number of fused-ring (bicyclic) bond motifs is 1. The fraction of sp³-hybridized carbons (Fsp3) is 0.0909. The van der Waals surface area contributed by atoms with E-state index < -0.39 is 0 Å². The van der Waals surface area contributed by atoms with Crippen molar-refractivity contribution < 1.29 is 18.7 Å². The second kappa shape index (κ2) is 8.61. The SMILES string of the molecule is COc1ccc2c(Cl)c(C(=O)Nc3ccc(C(=O)NCc4ccco4)cc3)sc2c1. The Labute approximate surface area is 181 Å². The molecule has 0 saturated heterocycles. The molecule has 152 valence electrons. The number of benzene rings is 2. The van der Waals surface area contributed by atoms with Crippen LogP contribution in [-0.4, -0.2) is 18.9 Å². The molecule has 2 heterocycles. The maximum atomic E-state index is 12.7. The molecule has 0 saturated carbocycles. The molecular weight excluding hydrogens is 424 g/mol. The summed E-state index contributed by atoms with van der Waals surface area (Å²) in [7, 11) is 1.59. The Morgan fingerprint density at radius 2 is 1.90 bits per heavy atom. The monoisotopic (exact) mass is 440 g/mol. The molecule has 2 aromatic carbocycles. The van der Waals surface area contributed by atoms with E-state index in [-0.39, 0.29) is 11.8 Å².